The summed E-state index contributed by atoms with van der Waals surface area (Å²) in [7, 11) is 1.65. The van der Waals surface area contributed by atoms with Crippen LogP contribution in [0.2, 0.25) is 0 Å². The van der Waals surface area contributed by atoms with Crippen LogP contribution in [-0.2, 0) is 27.9 Å². The summed E-state index contributed by atoms with van der Waals surface area (Å²) in [6, 6.07) is 0. The highest BCUT2D eigenvalue weighted by Crippen LogP contribution is 2.43. The van der Waals surface area contributed by atoms with Gasteiger partial charge in [-0.25, -0.2) is 4.57 Å². The van der Waals surface area contributed by atoms with E-state index in [4.69, 9.17) is 18.5 Å². The van der Waals surface area contributed by atoms with Gasteiger partial charge < -0.3 is 18.9 Å². The predicted octanol–water partition coefficient (Wildman–Crippen LogP) is 11.8. The molecule has 0 aliphatic heterocycles. The average Bonchev–Trinajstić information content (AvgIpc) is 3.08. The monoisotopic (exact) mass is 743 g/mol. The average molecular weight is 743 g/mol. The van der Waals surface area contributed by atoms with Crippen LogP contribution >= 0.6 is 7.82 Å². The van der Waals surface area contributed by atoms with Crippen molar-refractivity contribution in [1.29, 1.82) is 0 Å². The summed E-state index contributed by atoms with van der Waals surface area (Å²) in [5, 5.41) is 0. The Morgan fingerprint density at radius 3 is 1.65 bits per heavy atom. The summed E-state index contributed by atoms with van der Waals surface area (Å²) in [4.78, 5) is 22.8. The van der Waals surface area contributed by atoms with Crippen LogP contribution in [0.1, 0.15) is 168 Å². The standard InChI is InChI=1S/C42H80NO7P/c1-6-8-10-12-14-16-18-20-22-23-25-27-29-31-33-35-42(44)50-41(40-49-51(45,46)48-38-36-43(3,4)5)39-47-37-34-32-30-28-26-24-21-19-17-15-13-11-9-7-2/h14,16-17,19-20,22,41H,6-13,15,18,21,23-40H2,1-5H3/p+1/b16-14-,19-17-,22-20-/t41-/m1/s1. The van der Waals surface area contributed by atoms with Crippen molar-refractivity contribution in [1.82, 2.24) is 0 Å². The first-order valence-electron chi connectivity index (χ1n) is 20.7. The normalized spacial score (nSPS) is 14.2. The minimum absolute atomic E-state index is 0.0842. The molecule has 1 unspecified atom stereocenters. The molecule has 0 aromatic rings. The van der Waals surface area contributed by atoms with Gasteiger partial charge >= 0.3 is 13.8 Å². The smallest absolute Gasteiger partial charge is 0.457 e. The largest absolute Gasteiger partial charge is 0.472 e. The zero-order chi connectivity index (χ0) is 37.7. The fraction of sp³-hybridized carbons (Fsp3) is 0.833. The first-order valence-corrected chi connectivity index (χ1v) is 22.2. The zero-order valence-corrected chi connectivity index (χ0v) is 34.7. The van der Waals surface area contributed by atoms with Gasteiger partial charge in [0.05, 0.1) is 34.4 Å². The Bertz CT molecular complexity index is 915. The molecule has 0 spiro atoms. The topological polar surface area (TPSA) is 91.3 Å². The van der Waals surface area contributed by atoms with E-state index >= 15 is 0 Å². The van der Waals surface area contributed by atoms with E-state index in [9.17, 15) is 14.3 Å². The van der Waals surface area contributed by atoms with Crippen LogP contribution in [0.3, 0.4) is 0 Å². The van der Waals surface area contributed by atoms with Gasteiger partial charge in [0.15, 0.2) is 0 Å². The molecule has 2 atom stereocenters. The van der Waals surface area contributed by atoms with Crippen molar-refractivity contribution in [2.45, 2.75) is 174 Å². The number of phosphoric acid groups is 1. The maximum Gasteiger partial charge on any atom is 0.472 e. The molecule has 300 valence electrons. The van der Waals surface area contributed by atoms with Crippen LogP contribution in [0.25, 0.3) is 0 Å². The molecular weight excluding hydrogens is 661 g/mol. The molecule has 0 amide bonds. The third-order valence-electron chi connectivity index (χ3n) is 8.67. The molecule has 0 saturated carbocycles. The number of carbonyl (C=O) groups is 1. The van der Waals surface area contributed by atoms with Crippen LogP contribution in [0.5, 0.6) is 0 Å². The van der Waals surface area contributed by atoms with Crippen LogP contribution < -0.4 is 0 Å². The van der Waals surface area contributed by atoms with Gasteiger partial charge in [0.2, 0.25) is 0 Å². The van der Waals surface area contributed by atoms with E-state index in [0.29, 0.717) is 24.1 Å². The second-order valence-corrected chi connectivity index (χ2v) is 16.5. The first kappa shape index (κ1) is 49.7. The Hall–Kier alpha value is -1.28. The number of quaternary nitrogens is 1. The number of likely N-dealkylation sites (N-methyl/N-ethyl adjacent to an activating group) is 1. The molecule has 0 aliphatic carbocycles. The number of esters is 1. The van der Waals surface area contributed by atoms with Gasteiger partial charge in [0, 0.05) is 13.0 Å². The van der Waals surface area contributed by atoms with E-state index in [0.717, 1.165) is 57.8 Å². The number of unbranched alkanes of at least 4 members (excludes halogenated alkanes) is 18. The van der Waals surface area contributed by atoms with Gasteiger partial charge in [-0.15, -0.1) is 0 Å². The minimum Gasteiger partial charge on any atom is -0.457 e. The molecular formula is C42H81NO7P+. The Morgan fingerprint density at radius 1 is 0.608 bits per heavy atom. The lowest BCUT2D eigenvalue weighted by atomic mass is 10.1. The number of hydrogen-bond donors (Lipinski definition) is 1. The van der Waals surface area contributed by atoms with Gasteiger partial charge in [-0.1, -0.05) is 127 Å². The number of carbonyl (C=O) groups excluding carboxylic acids is 1. The second kappa shape index (κ2) is 35.7. The summed E-state index contributed by atoms with van der Waals surface area (Å²) in [5.74, 6) is -0.331. The highest BCUT2D eigenvalue weighted by atomic mass is 31.2. The number of phosphoric ester groups is 1. The third kappa shape index (κ3) is 39.8. The number of hydrogen-bond acceptors (Lipinski definition) is 6. The Morgan fingerprint density at radius 2 is 1.08 bits per heavy atom. The predicted molar refractivity (Wildman–Crippen MR) is 215 cm³/mol. The molecule has 0 aromatic carbocycles. The Kier molecular flexibility index (Phi) is 34.8. The van der Waals surface area contributed by atoms with Gasteiger partial charge in [-0.2, -0.15) is 0 Å². The van der Waals surface area contributed by atoms with Gasteiger partial charge in [0.25, 0.3) is 0 Å². The van der Waals surface area contributed by atoms with E-state index in [1.54, 1.807) is 0 Å². The maximum absolute atomic E-state index is 12.6. The fourth-order valence-corrected chi connectivity index (χ4v) is 6.14. The lowest BCUT2D eigenvalue weighted by Crippen LogP contribution is -2.37. The summed E-state index contributed by atoms with van der Waals surface area (Å²) >= 11 is 0. The Labute approximate surface area is 315 Å². The fourth-order valence-electron chi connectivity index (χ4n) is 5.40. The molecule has 0 aromatic heterocycles. The highest BCUT2D eigenvalue weighted by molar-refractivity contribution is 7.47. The number of ether oxygens (including phenoxy) is 2. The quantitative estimate of drug-likeness (QED) is 0.0221. The van der Waals surface area contributed by atoms with E-state index in [-0.39, 0.29) is 25.8 Å². The van der Waals surface area contributed by atoms with Crippen LogP contribution in [0.4, 0.5) is 0 Å². The van der Waals surface area contributed by atoms with Crippen LogP contribution in [0.15, 0.2) is 36.5 Å². The van der Waals surface area contributed by atoms with E-state index in [1.165, 1.54) is 89.9 Å². The third-order valence-corrected chi connectivity index (χ3v) is 9.66. The number of rotatable bonds is 38. The summed E-state index contributed by atoms with van der Waals surface area (Å²) in [6.45, 7) is 5.55. The highest BCUT2D eigenvalue weighted by Gasteiger charge is 2.26. The van der Waals surface area contributed by atoms with E-state index in [2.05, 4.69) is 50.3 Å². The molecule has 0 heterocycles. The SMILES string of the molecule is CCCCC/C=C\C/C=C\CCCCCCCC(=O)O[C@H](COCCCCCCCC/C=C\CCCCCC)COP(=O)(O)OCC[N+](C)(C)C. The molecule has 0 fully saturated rings. The molecule has 0 rings (SSSR count). The molecule has 9 heteroatoms. The first-order chi connectivity index (χ1) is 24.6. The molecule has 0 bridgehead atoms. The van der Waals surface area contributed by atoms with Crippen molar-refractivity contribution in [3.05, 3.63) is 36.5 Å². The summed E-state index contributed by atoms with van der Waals surface area (Å²) in [6.07, 6.45) is 40.2. The van der Waals surface area contributed by atoms with Crippen molar-refractivity contribution < 1.29 is 37.3 Å². The molecule has 8 nitrogen and oxygen atoms in total. The van der Waals surface area contributed by atoms with Crippen LogP contribution in [0, 0.1) is 0 Å². The van der Waals surface area contributed by atoms with Gasteiger partial charge in [0.1, 0.15) is 19.3 Å². The van der Waals surface area contributed by atoms with Gasteiger partial charge in [-0.05, 0) is 70.6 Å². The van der Waals surface area contributed by atoms with Crippen molar-refractivity contribution in [2.75, 3.05) is 54.1 Å². The van der Waals surface area contributed by atoms with Crippen molar-refractivity contribution in [2.24, 2.45) is 0 Å². The van der Waals surface area contributed by atoms with E-state index in [1.807, 2.05) is 21.1 Å². The molecule has 0 radical (unpaired) electrons. The number of allylic oxidation sites excluding steroid dienone is 6. The molecule has 1 N–H and O–H groups in total. The number of nitrogens with zero attached hydrogens (tertiary/aromatic N) is 1. The van der Waals surface area contributed by atoms with Crippen molar-refractivity contribution in [3.63, 3.8) is 0 Å². The maximum atomic E-state index is 12.6. The van der Waals surface area contributed by atoms with Crippen molar-refractivity contribution >= 4 is 13.8 Å². The lowest BCUT2D eigenvalue weighted by Gasteiger charge is -2.24. The summed E-state index contributed by atoms with van der Waals surface area (Å²) in [5.41, 5.74) is 0. The molecule has 51 heavy (non-hydrogen) atoms. The second-order valence-electron chi connectivity index (χ2n) is 15.0. The van der Waals surface area contributed by atoms with Crippen molar-refractivity contribution in [3.8, 4) is 0 Å². The molecule has 0 aliphatic rings. The Balaban J connectivity index is 4.31. The summed E-state index contributed by atoms with van der Waals surface area (Å²) < 4.78 is 34.9. The molecule has 0 saturated heterocycles. The van der Waals surface area contributed by atoms with Gasteiger partial charge in [-0.3, -0.25) is 13.8 Å². The van der Waals surface area contributed by atoms with E-state index < -0.39 is 13.9 Å². The van der Waals surface area contributed by atoms with Crippen LogP contribution in [-0.4, -0.2) is 75.6 Å². The lowest BCUT2D eigenvalue weighted by molar-refractivity contribution is -0.870. The minimum atomic E-state index is -4.27. The zero-order valence-electron chi connectivity index (χ0n) is 33.8.